The number of aromatic nitrogens is 1. The van der Waals surface area contributed by atoms with E-state index in [9.17, 15) is 44.4 Å². The minimum absolute atomic E-state index is 0.498. The van der Waals surface area contributed by atoms with E-state index >= 15 is 0 Å². The van der Waals surface area contributed by atoms with E-state index in [1.807, 2.05) is 0 Å². The SMILES string of the molecule is O=C(O)c1cnc2c(Br)c(C(=O)O)c(C(=O)O)c(C(=O)O)c2c1C(=O)O. The molecular formula is C14H6BrNO10. The van der Waals surface area contributed by atoms with Crippen LogP contribution in [-0.4, -0.2) is 60.4 Å². The molecule has 0 fully saturated rings. The molecule has 11 nitrogen and oxygen atoms in total. The summed E-state index contributed by atoms with van der Waals surface area (Å²) in [4.78, 5) is 61.0. The predicted molar refractivity (Wildman–Crippen MR) is 84.2 cm³/mol. The van der Waals surface area contributed by atoms with E-state index in [1.165, 1.54) is 0 Å². The van der Waals surface area contributed by atoms with E-state index < -0.39 is 73.0 Å². The number of hydrogen-bond donors (Lipinski definition) is 5. The summed E-state index contributed by atoms with van der Waals surface area (Å²) in [6.07, 6.45) is 0.608. The van der Waals surface area contributed by atoms with Crippen LogP contribution < -0.4 is 0 Å². The van der Waals surface area contributed by atoms with Crippen molar-refractivity contribution in [3.05, 3.63) is 38.5 Å². The van der Waals surface area contributed by atoms with Crippen LogP contribution in [-0.2, 0) is 0 Å². The Bertz CT molecular complexity index is 1040. The largest absolute Gasteiger partial charge is 0.478 e. The molecule has 1 aromatic carbocycles. The summed E-state index contributed by atoms with van der Waals surface area (Å²) < 4.78 is -0.498. The third kappa shape index (κ3) is 2.71. The van der Waals surface area contributed by atoms with Crippen molar-refractivity contribution < 1.29 is 49.5 Å². The number of carbonyl (C=O) groups is 5. The molecule has 26 heavy (non-hydrogen) atoms. The number of hydrogen-bond acceptors (Lipinski definition) is 6. The van der Waals surface area contributed by atoms with Crippen molar-refractivity contribution in [3.63, 3.8) is 0 Å². The predicted octanol–water partition coefficient (Wildman–Crippen LogP) is 1.49. The van der Waals surface area contributed by atoms with Gasteiger partial charge < -0.3 is 25.5 Å². The molecule has 0 spiro atoms. The summed E-state index contributed by atoms with van der Waals surface area (Å²) in [5.74, 6) is -9.33. The summed E-state index contributed by atoms with van der Waals surface area (Å²) in [6.45, 7) is 0. The third-order valence-corrected chi connectivity index (χ3v) is 4.11. The average Bonchev–Trinajstić information content (AvgIpc) is 2.51. The van der Waals surface area contributed by atoms with Crippen LogP contribution in [0.25, 0.3) is 10.9 Å². The van der Waals surface area contributed by atoms with Crippen LogP contribution in [0.1, 0.15) is 51.8 Å². The molecule has 0 aliphatic rings. The Kier molecular flexibility index (Phi) is 4.63. The molecule has 0 saturated carbocycles. The molecule has 0 radical (unpaired) electrons. The lowest BCUT2D eigenvalue weighted by Crippen LogP contribution is -2.19. The van der Waals surface area contributed by atoms with Gasteiger partial charge in [-0.25, -0.2) is 24.0 Å². The highest BCUT2D eigenvalue weighted by atomic mass is 79.9. The smallest absolute Gasteiger partial charge is 0.338 e. The number of nitrogens with zero attached hydrogens (tertiary/aromatic N) is 1. The van der Waals surface area contributed by atoms with Crippen molar-refractivity contribution in [2.75, 3.05) is 0 Å². The van der Waals surface area contributed by atoms with Crippen molar-refractivity contribution in [2.45, 2.75) is 0 Å². The first-order chi connectivity index (χ1) is 12.0. The summed E-state index contributed by atoms with van der Waals surface area (Å²) in [5.41, 5.74) is -5.81. The standard InChI is InChI=1S/C14H6BrNO10/c15-8-7(14(25)26)6(13(23)24)5(12(21)22)4-3(11(19)20)2(10(17)18)1-16-9(4)8/h1H,(H,17,18)(H,19,20)(H,21,22)(H,23,24)(H,25,26). The maximum atomic E-state index is 11.6. The van der Waals surface area contributed by atoms with Crippen LogP contribution in [0.5, 0.6) is 0 Å². The fraction of sp³-hybridized carbons (Fsp3) is 0. The van der Waals surface area contributed by atoms with Crippen molar-refractivity contribution in [1.82, 2.24) is 4.98 Å². The third-order valence-electron chi connectivity index (χ3n) is 3.34. The van der Waals surface area contributed by atoms with E-state index in [0.717, 1.165) is 0 Å². The molecule has 5 N–H and O–H groups in total. The molecule has 0 amide bonds. The van der Waals surface area contributed by atoms with Crippen molar-refractivity contribution >= 4 is 56.7 Å². The van der Waals surface area contributed by atoms with Crippen LogP contribution in [0.3, 0.4) is 0 Å². The maximum absolute atomic E-state index is 11.6. The maximum Gasteiger partial charge on any atom is 0.338 e. The summed E-state index contributed by atoms with van der Waals surface area (Å²) in [6, 6.07) is 0. The summed E-state index contributed by atoms with van der Waals surface area (Å²) >= 11 is 2.79. The lowest BCUT2D eigenvalue weighted by molar-refractivity contribution is 0.0632. The molecule has 0 atom stereocenters. The zero-order valence-corrected chi connectivity index (χ0v) is 13.8. The highest BCUT2D eigenvalue weighted by molar-refractivity contribution is 9.10. The molecular weight excluding hydrogens is 422 g/mol. The molecule has 0 aliphatic carbocycles. The van der Waals surface area contributed by atoms with Gasteiger partial charge in [-0.3, -0.25) is 4.98 Å². The lowest BCUT2D eigenvalue weighted by Gasteiger charge is -2.15. The molecule has 12 heteroatoms. The van der Waals surface area contributed by atoms with Gasteiger partial charge in [0.15, 0.2) is 0 Å². The van der Waals surface area contributed by atoms with Crippen LogP contribution in [0.4, 0.5) is 0 Å². The lowest BCUT2D eigenvalue weighted by atomic mass is 9.91. The van der Waals surface area contributed by atoms with Crippen molar-refractivity contribution in [2.24, 2.45) is 0 Å². The average molecular weight is 428 g/mol. The Morgan fingerprint density at radius 2 is 1.15 bits per heavy atom. The van der Waals surface area contributed by atoms with Gasteiger partial charge in [0.1, 0.15) is 0 Å². The summed E-state index contributed by atoms with van der Waals surface area (Å²) in [7, 11) is 0. The highest BCUT2D eigenvalue weighted by Gasteiger charge is 2.34. The zero-order chi connectivity index (χ0) is 19.9. The molecule has 2 aromatic rings. The van der Waals surface area contributed by atoms with Crippen LogP contribution in [0.15, 0.2) is 10.7 Å². The topological polar surface area (TPSA) is 199 Å². The Morgan fingerprint density at radius 1 is 0.692 bits per heavy atom. The van der Waals surface area contributed by atoms with Crippen molar-refractivity contribution in [1.29, 1.82) is 0 Å². The number of rotatable bonds is 5. The number of halogens is 1. The highest BCUT2D eigenvalue weighted by Crippen LogP contribution is 2.36. The molecule has 1 aromatic heterocycles. The molecule has 0 bridgehead atoms. The zero-order valence-electron chi connectivity index (χ0n) is 12.2. The van der Waals surface area contributed by atoms with Gasteiger partial charge >= 0.3 is 29.8 Å². The van der Waals surface area contributed by atoms with E-state index in [4.69, 9.17) is 5.11 Å². The molecule has 0 unspecified atom stereocenters. The first-order valence-electron chi connectivity index (χ1n) is 6.35. The molecule has 0 saturated heterocycles. The molecule has 1 heterocycles. The minimum Gasteiger partial charge on any atom is -0.478 e. The van der Waals surface area contributed by atoms with Crippen LogP contribution >= 0.6 is 15.9 Å². The van der Waals surface area contributed by atoms with Crippen LogP contribution in [0.2, 0.25) is 0 Å². The van der Waals surface area contributed by atoms with Gasteiger partial charge in [-0.05, 0) is 15.9 Å². The number of pyridine rings is 1. The van der Waals surface area contributed by atoms with E-state index in [1.54, 1.807) is 0 Å². The summed E-state index contributed by atoms with van der Waals surface area (Å²) in [5, 5.41) is 45.6. The second-order valence-electron chi connectivity index (χ2n) is 4.74. The van der Waals surface area contributed by atoms with Gasteiger partial charge in [0, 0.05) is 11.6 Å². The number of carboxylic acids is 5. The minimum atomic E-state index is -1.96. The monoisotopic (exact) mass is 427 g/mol. The van der Waals surface area contributed by atoms with E-state index in [0.29, 0.717) is 6.20 Å². The number of benzene rings is 1. The first-order valence-corrected chi connectivity index (χ1v) is 7.14. The molecule has 0 aliphatic heterocycles. The van der Waals surface area contributed by atoms with Crippen molar-refractivity contribution in [3.8, 4) is 0 Å². The fourth-order valence-corrected chi connectivity index (χ4v) is 3.08. The molecule has 2 rings (SSSR count). The van der Waals surface area contributed by atoms with E-state index in [2.05, 4.69) is 20.9 Å². The van der Waals surface area contributed by atoms with Gasteiger partial charge in [-0.15, -0.1) is 0 Å². The second kappa shape index (κ2) is 6.40. The second-order valence-corrected chi connectivity index (χ2v) is 5.53. The Labute approximate surface area is 150 Å². The Balaban J connectivity index is 3.36. The first kappa shape index (κ1) is 18.8. The van der Waals surface area contributed by atoms with Gasteiger partial charge in [-0.2, -0.15) is 0 Å². The Hall–Kier alpha value is -3.54. The van der Waals surface area contributed by atoms with Gasteiger partial charge in [0.05, 0.1) is 37.8 Å². The number of aromatic carboxylic acids is 5. The quantitative estimate of drug-likeness (QED) is 0.462. The Morgan fingerprint density at radius 3 is 1.54 bits per heavy atom. The van der Waals surface area contributed by atoms with Gasteiger partial charge in [0.25, 0.3) is 0 Å². The van der Waals surface area contributed by atoms with Gasteiger partial charge in [0.2, 0.25) is 0 Å². The molecule has 134 valence electrons. The fourth-order valence-electron chi connectivity index (χ4n) is 2.41. The van der Waals surface area contributed by atoms with Crippen LogP contribution in [0, 0.1) is 0 Å². The van der Waals surface area contributed by atoms with E-state index in [-0.39, 0.29) is 0 Å². The van der Waals surface area contributed by atoms with Gasteiger partial charge in [-0.1, -0.05) is 0 Å². The number of carboxylic acid groups (broad SMARTS) is 5. The normalized spacial score (nSPS) is 10.5. The number of fused-ring (bicyclic) bond motifs is 1.